The SMILES string of the molecule is CN1C[C@@H](O)[C@@H](O)C1.O=C(CBr)C(=O)CBr.O[C@@H]1CNC[C@@H]1O.O[C@H](CBr)[C@@H](O)CBr.O[C@H](CBr)[C@H](O)CBr.[V]. The molecule has 0 aromatic carbocycles. The number of halogens is 6. The quantitative estimate of drug-likeness (QED) is 0.0994. The average Bonchev–Trinajstić information content (AvgIpc) is 3.47. The number of alkyl halides is 6. The number of ketones is 2. The van der Waals surface area contributed by atoms with Gasteiger partial charge in [0.05, 0.1) is 59.5 Å². The molecule has 0 unspecified atom stereocenters. The molecule has 8 atom stereocenters. The molecule has 2 aliphatic heterocycles. The maximum Gasteiger partial charge on any atom is 0.209 e. The Morgan fingerprint density at radius 1 is 0.650 bits per heavy atom. The third-order valence-electron chi connectivity index (χ3n) is 4.67. The molecule has 12 nitrogen and oxygen atoms in total. The molecule has 1 radical (unpaired) electrons. The summed E-state index contributed by atoms with van der Waals surface area (Å²) in [5, 5.41) is 75.1. The van der Waals surface area contributed by atoms with E-state index in [9.17, 15) is 9.59 Å². The van der Waals surface area contributed by atoms with E-state index in [0.717, 1.165) is 0 Å². The Morgan fingerprint density at radius 3 is 1.00 bits per heavy atom. The van der Waals surface area contributed by atoms with Gasteiger partial charge >= 0.3 is 0 Å². The summed E-state index contributed by atoms with van der Waals surface area (Å²) in [7, 11) is 1.87. The monoisotopic (exact) mass is 1000 g/mol. The van der Waals surface area contributed by atoms with E-state index in [2.05, 4.69) is 101 Å². The van der Waals surface area contributed by atoms with Gasteiger partial charge in [0.15, 0.2) is 0 Å². The van der Waals surface area contributed by atoms with Crippen molar-refractivity contribution in [2.24, 2.45) is 0 Å². The molecular formula is C21H40Br6N2O10V. The molecule has 2 saturated heterocycles. The van der Waals surface area contributed by atoms with Crippen LogP contribution in [0.2, 0.25) is 0 Å². The van der Waals surface area contributed by atoms with Crippen LogP contribution in [0.3, 0.4) is 0 Å². The van der Waals surface area contributed by atoms with Crippen LogP contribution in [0.4, 0.5) is 0 Å². The van der Waals surface area contributed by atoms with E-state index in [4.69, 9.17) is 40.9 Å². The summed E-state index contributed by atoms with van der Waals surface area (Å²) in [6, 6.07) is 0. The van der Waals surface area contributed by atoms with Crippen LogP contribution in [0.15, 0.2) is 0 Å². The Kier molecular flexibility index (Phi) is 38.7. The number of nitrogens with one attached hydrogen (secondary N) is 1. The van der Waals surface area contributed by atoms with Gasteiger partial charge in [-0.3, -0.25) is 9.59 Å². The number of rotatable bonds is 9. The maximum atomic E-state index is 10.3. The van der Waals surface area contributed by atoms with Gasteiger partial charge in [0.1, 0.15) is 0 Å². The summed E-state index contributed by atoms with van der Waals surface area (Å²) in [6.45, 7) is 2.25. The zero-order valence-corrected chi connectivity index (χ0v) is 32.7. The van der Waals surface area contributed by atoms with Crippen molar-refractivity contribution in [2.45, 2.75) is 48.8 Å². The number of Topliss-reactive ketones (excluding diaryl/α,β-unsaturated/α-hetero) is 2. The number of carbonyl (C=O) groups excluding carboxylic acids is 2. The molecular weight excluding hydrogens is 971 g/mol. The Hall–Kier alpha value is 2.40. The standard InChI is InChI=1S/C5H11NO2.2C4H8Br2O2.C4H4Br2O2.C4H9NO2.V/c1-6-2-4(7)5(8)3-6;3*5-1-3(7)4(8)2-6;6-3-1-5-2-4(3)7;/h4-5,7-8H,2-3H2,1H3;2*3-4,7-8H,1-2H2;1-2H2;3-7H,1-2H2;/t4-,5+;3-,4+;3-,4-;;3-,4+;/m..1.../s1. The van der Waals surface area contributed by atoms with Crippen LogP contribution in [0, 0.1) is 0 Å². The fourth-order valence-corrected chi connectivity index (χ4v) is 4.52. The Balaban J connectivity index is -0.000000201. The fourth-order valence-electron chi connectivity index (χ4n) is 2.17. The smallest absolute Gasteiger partial charge is 0.209 e. The first-order valence-corrected chi connectivity index (χ1v) is 18.1. The maximum absolute atomic E-state index is 10.3. The van der Waals surface area contributed by atoms with Crippen LogP contribution in [0.5, 0.6) is 0 Å². The van der Waals surface area contributed by atoms with Crippen molar-refractivity contribution in [2.75, 3.05) is 65.2 Å². The molecule has 0 aromatic heterocycles. The minimum atomic E-state index is -0.658. The van der Waals surface area contributed by atoms with Crippen molar-refractivity contribution in [1.82, 2.24) is 10.2 Å². The second-order valence-electron chi connectivity index (χ2n) is 8.15. The van der Waals surface area contributed by atoms with Gasteiger partial charge < -0.3 is 51.1 Å². The third-order valence-corrected chi connectivity index (χ3v) is 8.34. The zero-order valence-electron chi connectivity index (χ0n) is 21.7. The van der Waals surface area contributed by atoms with Crippen molar-refractivity contribution >= 4 is 107 Å². The number of aliphatic hydroxyl groups is 8. The number of likely N-dealkylation sites (tertiary alicyclic amines) is 1. The van der Waals surface area contributed by atoms with E-state index in [1.54, 1.807) is 0 Å². The number of likely N-dealkylation sites (N-methyl/N-ethyl adjacent to an activating group) is 1. The van der Waals surface area contributed by atoms with Crippen molar-refractivity contribution in [3.05, 3.63) is 0 Å². The molecule has 0 spiro atoms. The third kappa shape index (κ3) is 26.8. The predicted octanol–water partition coefficient (Wildman–Crippen LogP) is -1.13. The molecule has 2 heterocycles. The molecule has 0 amide bonds. The van der Waals surface area contributed by atoms with Crippen molar-refractivity contribution in [3.63, 3.8) is 0 Å². The summed E-state index contributed by atoms with van der Waals surface area (Å²) >= 11 is 17.8. The number of hydrogen-bond donors (Lipinski definition) is 9. The van der Waals surface area contributed by atoms with Crippen LogP contribution in [-0.2, 0) is 28.1 Å². The zero-order chi connectivity index (χ0) is 31.1. The number of hydrogen-bond acceptors (Lipinski definition) is 12. The van der Waals surface area contributed by atoms with Gasteiger partial charge in [-0.2, -0.15) is 0 Å². The fraction of sp³-hybridized carbons (Fsp3) is 0.905. The molecule has 0 bridgehead atoms. The number of β-amino-alcohol motifs (C(OH)–C–C–N with tert-alkyl or cyclic N) is 4. The number of carbonyl (C=O) groups is 2. The van der Waals surface area contributed by atoms with Crippen LogP contribution in [-0.4, -0.2) is 171 Å². The Morgan fingerprint density at radius 2 is 0.900 bits per heavy atom. The molecule has 241 valence electrons. The van der Waals surface area contributed by atoms with Gasteiger partial charge in [-0.1, -0.05) is 95.6 Å². The predicted molar refractivity (Wildman–Crippen MR) is 171 cm³/mol. The molecule has 2 rings (SSSR count). The van der Waals surface area contributed by atoms with Crippen molar-refractivity contribution in [1.29, 1.82) is 0 Å². The van der Waals surface area contributed by atoms with E-state index in [1.807, 2.05) is 11.9 Å². The minimum absolute atomic E-state index is 0. The summed E-state index contributed by atoms with van der Waals surface area (Å²) in [5.41, 5.74) is 0. The largest absolute Gasteiger partial charge is 0.390 e. The Bertz CT molecular complexity index is 557. The molecule has 0 aromatic rings. The van der Waals surface area contributed by atoms with Gasteiger partial charge in [0.25, 0.3) is 0 Å². The van der Waals surface area contributed by atoms with E-state index >= 15 is 0 Å². The Labute approximate surface area is 297 Å². The van der Waals surface area contributed by atoms with Crippen LogP contribution < -0.4 is 5.32 Å². The second-order valence-corrected chi connectivity index (χ2v) is 11.9. The van der Waals surface area contributed by atoms with Gasteiger partial charge in [-0.25, -0.2) is 0 Å². The van der Waals surface area contributed by atoms with Crippen molar-refractivity contribution in [3.8, 4) is 0 Å². The van der Waals surface area contributed by atoms with E-state index < -0.39 is 48.8 Å². The van der Waals surface area contributed by atoms with Gasteiger partial charge in [-0.05, 0) is 7.05 Å². The van der Waals surface area contributed by atoms with E-state index in [1.165, 1.54) is 0 Å². The van der Waals surface area contributed by atoms with Gasteiger partial charge in [0.2, 0.25) is 11.6 Å². The molecule has 2 fully saturated rings. The molecule has 19 heteroatoms. The van der Waals surface area contributed by atoms with Gasteiger partial charge in [-0.15, -0.1) is 0 Å². The van der Waals surface area contributed by atoms with Crippen LogP contribution in [0.1, 0.15) is 0 Å². The molecule has 0 aliphatic carbocycles. The van der Waals surface area contributed by atoms with E-state index in [0.29, 0.717) is 47.5 Å². The first kappa shape index (κ1) is 49.3. The molecule has 9 N–H and O–H groups in total. The number of nitrogens with zero attached hydrogens (tertiary/aromatic N) is 1. The first-order chi connectivity index (χ1) is 18.2. The molecule has 0 saturated carbocycles. The topological polar surface area (TPSA) is 211 Å². The summed E-state index contributed by atoms with van der Waals surface area (Å²) < 4.78 is 0. The van der Waals surface area contributed by atoms with E-state index in [-0.39, 0.29) is 40.8 Å². The van der Waals surface area contributed by atoms with Crippen molar-refractivity contribution < 1.29 is 69.0 Å². The van der Waals surface area contributed by atoms with Crippen LogP contribution in [0.25, 0.3) is 0 Å². The summed E-state index contributed by atoms with van der Waals surface area (Å²) in [6.07, 6.45) is -4.77. The van der Waals surface area contributed by atoms with Crippen LogP contribution >= 0.6 is 95.6 Å². The number of aliphatic hydroxyl groups excluding tert-OH is 8. The normalized spacial score (nSPS) is 24.5. The second kappa shape index (κ2) is 31.4. The summed E-state index contributed by atoms with van der Waals surface area (Å²) in [5.74, 6) is -0.774. The summed E-state index contributed by atoms with van der Waals surface area (Å²) in [4.78, 5) is 22.5. The average molecular weight is 1010 g/mol. The minimum Gasteiger partial charge on any atom is -0.390 e. The van der Waals surface area contributed by atoms with Gasteiger partial charge in [0, 0.05) is 66.1 Å². The molecule has 40 heavy (non-hydrogen) atoms. The first-order valence-electron chi connectivity index (χ1n) is 11.4. The molecule has 2 aliphatic rings.